The van der Waals surface area contributed by atoms with E-state index in [1.54, 1.807) is 0 Å². The van der Waals surface area contributed by atoms with Gasteiger partial charge in [0.2, 0.25) is 0 Å². The molecule has 0 unspecified atom stereocenters. The Bertz CT molecular complexity index is 1230. The van der Waals surface area contributed by atoms with Gasteiger partial charge in [0.25, 0.3) is 0 Å². The number of pyridine rings is 1. The summed E-state index contributed by atoms with van der Waals surface area (Å²) in [4.78, 5) is 6.81. The smallest absolute Gasteiger partial charge is 0.157 e. The maximum Gasteiger partial charge on any atom is 0.157 e. The van der Waals surface area contributed by atoms with Crippen LogP contribution < -0.4 is 10.2 Å². The first-order valence-corrected chi connectivity index (χ1v) is 10.0. The Balaban J connectivity index is 2.00. The van der Waals surface area contributed by atoms with Crippen molar-refractivity contribution in [2.45, 2.75) is 13.3 Å². The van der Waals surface area contributed by atoms with Gasteiger partial charge in [0.15, 0.2) is 5.65 Å². The predicted molar refractivity (Wildman–Crippen MR) is 121 cm³/mol. The van der Waals surface area contributed by atoms with Gasteiger partial charge in [-0.25, -0.2) is 4.98 Å². The number of fused-ring (bicyclic) bond motifs is 3. The summed E-state index contributed by atoms with van der Waals surface area (Å²) in [5.41, 5.74) is 7.12. The number of alkyl halides is 1. The first kappa shape index (κ1) is 19.1. The first-order valence-electron chi connectivity index (χ1n) is 9.48. The van der Waals surface area contributed by atoms with Crippen LogP contribution in [0.5, 0.6) is 0 Å². The third-order valence-electron chi connectivity index (χ3n) is 5.22. The number of hydrogen-bond donors (Lipinski definition) is 1. The summed E-state index contributed by atoms with van der Waals surface area (Å²) in [5.74, 6) is 1.38. The predicted octanol–water partition coefficient (Wildman–Crippen LogP) is 5.26. The number of rotatable bonds is 5. The molecule has 0 aliphatic rings. The number of hydrogen-bond acceptors (Lipinski definition) is 4. The number of halogens is 1. The summed E-state index contributed by atoms with van der Waals surface area (Å²) in [6.45, 7) is 1.97. The van der Waals surface area contributed by atoms with Gasteiger partial charge in [0.1, 0.15) is 11.9 Å². The molecule has 0 spiro atoms. The number of para-hydroxylation sites is 2. The second-order valence-corrected chi connectivity index (χ2v) is 7.58. The number of aromatic nitrogens is 2. The van der Waals surface area contributed by atoms with Crippen molar-refractivity contribution in [2.24, 2.45) is 0 Å². The van der Waals surface area contributed by atoms with Gasteiger partial charge < -0.3 is 10.2 Å². The summed E-state index contributed by atoms with van der Waals surface area (Å²) in [6.07, 6.45) is 0.655. The number of benzene rings is 2. The molecule has 0 bridgehead atoms. The largest absolute Gasteiger partial charge is 0.378 e. The fraction of sp³-hybridized carbons (Fsp3) is 0.217. The third kappa shape index (κ3) is 3.26. The quantitative estimate of drug-likeness (QED) is 0.462. The molecular formula is C23H22ClN5. The van der Waals surface area contributed by atoms with Crippen LogP contribution in [-0.4, -0.2) is 29.4 Å². The van der Waals surface area contributed by atoms with Crippen molar-refractivity contribution in [3.05, 3.63) is 65.2 Å². The van der Waals surface area contributed by atoms with Gasteiger partial charge in [-0.15, -0.1) is 11.6 Å². The summed E-state index contributed by atoms with van der Waals surface area (Å²) >= 11 is 6.14. The van der Waals surface area contributed by atoms with Crippen LogP contribution in [0.25, 0.3) is 16.7 Å². The standard InChI is InChI=1S/C23H22ClN5/c1-15-18(12-13-24)22(26-16-8-10-17(11-9-16)28(2)3)29-21-7-5-4-6-20(21)27-23(29)19(15)14-25/h4-11,26H,12-13H2,1-3H3. The van der Waals surface area contributed by atoms with Gasteiger partial charge in [-0.05, 0) is 60.9 Å². The Labute approximate surface area is 175 Å². The minimum Gasteiger partial charge on any atom is -0.378 e. The molecule has 0 aliphatic heterocycles. The summed E-state index contributed by atoms with van der Waals surface area (Å²) in [6, 6.07) is 18.5. The van der Waals surface area contributed by atoms with Crippen molar-refractivity contribution < 1.29 is 0 Å². The van der Waals surface area contributed by atoms with Crippen molar-refractivity contribution in [1.82, 2.24) is 9.38 Å². The minimum atomic E-state index is 0.470. The minimum absolute atomic E-state index is 0.470. The van der Waals surface area contributed by atoms with E-state index in [-0.39, 0.29) is 0 Å². The maximum atomic E-state index is 9.84. The third-order valence-corrected chi connectivity index (χ3v) is 5.41. The molecular weight excluding hydrogens is 382 g/mol. The Morgan fingerprint density at radius 2 is 1.86 bits per heavy atom. The van der Waals surface area contributed by atoms with Gasteiger partial charge in [0, 0.05) is 31.4 Å². The molecule has 1 N–H and O–H groups in total. The van der Waals surface area contributed by atoms with Gasteiger partial charge in [-0.1, -0.05) is 12.1 Å². The molecule has 5 nitrogen and oxygen atoms in total. The maximum absolute atomic E-state index is 9.84. The van der Waals surface area contributed by atoms with Crippen LogP contribution in [0.4, 0.5) is 17.2 Å². The van der Waals surface area contributed by atoms with E-state index in [0.29, 0.717) is 23.5 Å². The van der Waals surface area contributed by atoms with Crippen molar-refractivity contribution in [3.8, 4) is 6.07 Å². The van der Waals surface area contributed by atoms with Gasteiger partial charge in [0.05, 0.1) is 16.6 Å². The molecule has 0 aliphatic carbocycles. The van der Waals surface area contributed by atoms with Gasteiger partial charge >= 0.3 is 0 Å². The topological polar surface area (TPSA) is 56.4 Å². The normalized spacial score (nSPS) is 11.0. The van der Waals surface area contributed by atoms with Crippen LogP contribution >= 0.6 is 11.6 Å². The highest BCUT2D eigenvalue weighted by atomic mass is 35.5. The Hall–Kier alpha value is -3.23. The van der Waals surface area contributed by atoms with Crippen LogP contribution in [0.3, 0.4) is 0 Å². The molecule has 0 amide bonds. The molecule has 0 atom stereocenters. The summed E-state index contributed by atoms with van der Waals surface area (Å²) < 4.78 is 2.04. The van der Waals surface area contributed by atoms with Crippen molar-refractivity contribution >= 4 is 45.5 Å². The molecule has 2 aromatic carbocycles. The van der Waals surface area contributed by atoms with E-state index in [0.717, 1.165) is 39.4 Å². The van der Waals surface area contributed by atoms with Crippen molar-refractivity contribution in [1.29, 1.82) is 5.26 Å². The molecule has 6 heteroatoms. The van der Waals surface area contributed by atoms with E-state index in [2.05, 4.69) is 40.6 Å². The second-order valence-electron chi connectivity index (χ2n) is 7.20. The molecule has 4 rings (SSSR count). The highest BCUT2D eigenvalue weighted by Crippen LogP contribution is 2.33. The molecule has 0 radical (unpaired) electrons. The average molecular weight is 404 g/mol. The fourth-order valence-electron chi connectivity index (χ4n) is 3.70. The molecule has 0 saturated heterocycles. The number of nitrogens with one attached hydrogen (secondary N) is 1. The highest BCUT2D eigenvalue weighted by molar-refractivity contribution is 6.18. The van der Waals surface area contributed by atoms with E-state index in [4.69, 9.17) is 16.6 Å². The molecule has 2 heterocycles. The monoisotopic (exact) mass is 403 g/mol. The van der Waals surface area contributed by atoms with E-state index in [9.17, 15) is 5.26 Å². The number of anilines is 3. The Kier molecular flexibility index (Phi) is 5.04. The highest BCUT2D eigenvalue weighted by Gasteiger charge is 2.20. The lowest BCUT2D eigenvalue weighted by molar-refractivity contribution is 1.06. The van der Waals surface area contributed by atoms with E-state index in [1.807, 2.05) is 49.7 Å². The summed E-state index contributed by atoms with van der Waals surface area (Å²) in [7, 11) is 4.04. The molecule has 29 heavy (non-hydrogen) atoms. The van der Waals surface area contributed by atoms with Crippen molar-refractivity contribution in [3.63, 3.8) is 0 Å². The SMILES string of the molecule is Cc1c(CCCl)c(Nc2ccc(N(C)C)cc2)n2c(nc3ccccc32)c1C#N. The molecule has 4 aromatic rings. The zero-order chi connectivity index (χ0) is 20.5. The fourth-order valence-corrected chi connectivity index (χ4v) is 3.89. The lowest BCUT2D eigenvalue weighted by atomic mass is 10.0. The van der Waals surface area contributed by atoms with E-state index < -0.39 is 0 Å². The van der Waals surface area contributed by atoms with E-state index in [1.165, 1.54) is 0 Å². The van der Waals surface area contributed by atoms with Crippen LogP contribution in [0, 0.1) is 18.3 Å². The lowest BCUT2D eigenvalue weighted by Gasteiger charge is -2.19. The average Bonchev–Trinajstić information content (AvgIpc) is 3.10. The first-order chi connectivity index (χ1) is 14.0. The summed E-state index contributed by atoms with van der Waals surface area (Å²) in [5, 5.41) is 13.4. The number of nitriles is 1. The van der Waals surface area contributed by atoms with Gasteiger partial charge in [-0.3, -0.25) is 4.40 Å². The van der Waals surface area contributed by atoms with Gasteiger partial charge in [-0.2, -0.15) is 5.26 Å². The number of imidazole rings is 1. The Morgan fingerprint density at radius 3 is 2.52 bits per heavy atom. The van der Waals surface area contributed by atoms with Crippen LogP contribution in [0.15, 0.2) is 48.5 Å². The molecule has 0 saturated carbocycles. The Morgan fingerprint density at radius 1 is 1.14 bits per heavy atom. The van der Waals surface area contributed by atoms with E-state index >= 15 is 0 Å². The molecule has 0 fully saturated rings. The zero-order valence-corrected chi connectivity index (χ0v) is 17.5. The zero-order valence-electron chi connectivity index (χ0n) is 16.7. The molecule has 2 aromatic heterocycles. The van der Waals surface area contributed by atoms with Crippen LogP contribution in [0.2, 0.25) is 0 Å². The number of nitrogens with zero attached hydrogens (tertiary/aromatic N) is 4. The second kappa shape index (κ2) is 7.65. The molecule has 146 valence electrons. The van der Waals surface area contributed by atoms with Crippen molar-refractivity contribution in [2.75, 3.05) is 30.2 Å². The lowest BCUT2D eigenvalue weighted by Crippen LogP contribution is -2.10. The van der Waals surface area contributed by atoms with Crippen LogP contribution in [-0.2, 0) is 6.42 Å². The van der Waals surface area contributed by atoms with Crippen LogP contribution in [0.1, 0.15) is 16.7 Å².